The molecule has 21 heavy (non-hydrogen) atoms. The molecule has 3 rings (SSSR count). The average Bonchev–Trinajstić information content (AvgIpc) is 2.69. The Kier molecular flexibility index (Phi) is 4.15. The highest BCUT2D eigenvalue weighted by atomic mass is 19.1. The van der Waals surface area contributed by atoms with Crippen LogP contribution in [0.1, 0.15) is 18.4 Å². The van der Waals surface area contributed by atoms with Crippen molar-refractivity contribution in [1.29, 1.82) is 0 Å². The Bertz CT molecular complexity index is 502. The van der Waals surface area contributed by atoms with Gasteiger partial charge in [-0.25, -0.2) is 4.39 Å². The minimum absolute atomic E-state index is 0.277. The number of fused-ring (bicyclic) bond motifs is 1. The summed E-state index contributed by atoms with van der Waals surface area (Å²) in [6.07, 6.45) is 1.82. The highest BCUT2D eigenvalue weighted by Gasteiger charge is 2.42. The second-order valence-corrected chi connectivity index (χ2v) is 6.09. The number of nitrogens with zero attached hydrogens (tertiary/aromatic N) is 2. The molecule has 5 heteroatoms. The van der Waals surface area contributed by atoms with Crippen molar-refractivity contribution in [2.24, 2.45) is 5.73 Å². The largest absolute Gasteiger partial charge is 0.490 e. The van der Waals surface area contributed by atoms with E-state index < -0.39 is 0 Å². The zero-order valence-corrected chi connectivity index (χ0v) is 12.6. The monoisotopic (exact) mass is 293 g/mol. The van der Waals surface area contributed by atoms with Gasteiger partial charge in [-0.3, -0.25) is 4.90 Å². The summed E-state index contributed by atoms with van der Waals surface area (Å²) in [5.74, 6) is 0.126. The SMILES string of the molecule is CN1CCN(C2(CN)CCCOc3c(F)cccc32)CC1. The number of likely N-dealkylation sites (N-methyl/N-ethyl adjacent to an activating group) is 1. The Balaban J connectivity index is 2.03. The minimum atomic E-state index is -0.296. The van der Waals surface area contributed by atoms with Crippen LogP contribution < -0.4 is 10.5 Å². The molecule has 0 saturated carbocycles. The number of benzene rings is 1. The van der Waals surface area contributed by atoms with Crippen molar-refractivity contribution in [3.05, 3.63) is 29.6 Å². The number of para-hydroxylation sites is 1. The van der Waals surface area contributed by atoms with Crippen molar-refractivity contribution in [2.45, 2.75) is 18.4 Å². The summed E-state index contributed by atoms with van der Waals surface area (Å²) >= 11 is 0. The lowest BCUT2D eigenvalue weighted by Crippen LogP contribution is -2.57. The number of halogens is 1. The van der Waals surface area contributed by atoms with Crippen molar-refractivity contribution in [3.8, 4) is 5.75 Å². The molecule has 116 valence electrons. The first kappa shape index (κ1) is 14.8. The van der Waals surface area contributed by atoms with Gasteiger partial charge in [-0.2, -0.15) is 0 Å². The molecule has 0 aliphatic carbocycles. The smallest absolute Gasteiger partial charge is 0.165 e. The lowest BCUT2D eigenvalue weighted by atomic mass is 9.83. The van der Waals surface area contributed by atoms with Crippen molar-refractivity contribution in [2.75, 3.05) is 46.4 Å². The maximum Gasteiger partial charge on any atom is 0.165 e. The van der Waals surface area contributed by atoms with E-state index in [4.69, 9.17) is 10.5 Å². The molecule has 1 atom stereocenters. The third-order valence-electron chi connectivity index (χ3n) is 4.90. The van der Waals surface area contributed by atoms with Crippen LogP contribution in [0.25, 0.3) is 0 Å². The standard InChI is InChI=1S/C16H24FN3O/c1-19-7-9-20(10-8-19)16(12-18)6-3-11-21-15-13(16)4-2-5-14(15)17/h2,4-5H,3,6-12,18H2,1H3. The van der Waals surface area contributed by atoms with E-state index in [1.54, 1.807) is 6.07 Å². The molecule has 2 N–H and O–H groups in total. The van der Waals surface area contributed by atoms with E-state index in [-0.39, 0.29) is 11.4 Å². The number of rotatable bonds is 2. The van der Waals surface area contributed by atoms with Gasteiger partial charge in [0, 0.05) is 38.3 Å². The topological polar surface area (TPSA) is 41.7 Å². The lowest BCUT2D eigenvalue weighted by Gasteiger charge is -2.47. The molecule has 2 heterocycles. The summed E-state index contributed by atoms with van der Waals surface area (Å²) in [7, 11) is 2.14. The van der Waals surface area contributed by atoms with Crippen molar-refractivity contribution < 1.29 is 9.13 Å². The van der Waals surface area contributed by atoms with Gasteiger partial charge >= 0.3 is 0 Å². The predicted octanol–water partition coefficient (Wildman–Crippen LogP) is 1.40. The Labute approximate surface area is 125 Å². The molecule has 1 aromatic carbocycles. The second-order valence-electron chi connectivity index (χ2n) is 6.09. The van der Waals surface area contributed by atoms with Crippen LogP contribution in [0.3, 0.4) is 0 Å². The summed E-state index contributed by atoms with van der Waals surface area (Å²) in [5.41, 5.74) is 6.83. The third-order valence-corrected chi connectivity index (χ3v) is 4.90. The number of hydrogen-bond donors (Lipinski definition) is 1. The van der Waals surface area contributed by atoms with Crippen LogP contribution in [-0.2, 0) is 5.54 Å². The van der Waals surface area contributed by atoms with E-state index >= 15 is 0 Å². The van der Waals surface area contributed by atoms with Gasteiger partial charge in [0.1, 0.15) is 0 Å². The molecular weight excluding hydrogens is 269 g/mol. The van der Waals surface area contributed by atoms with Crippen LogP contribution in [0.15, 0.2) is 18.2 Å². The zero-order valence-electron chi connectivity index (χ0n) is 12.6. The summed E-state index contributed by atoms with van der Waals surface area (Å²) in [6, 6.07) is 5.22. The van der Waals surface area contributed by atoms with Gasteiger partial charge in [-0.1, -0.05) is 12.1 Å². The third kappa shape index (κ3) is 2.54. The van der Waals surface area contributed by atoms with Gasteiger partial charge in [0.05, 0.1) is 12.1 Å². The first-order valence-corrected chi connectivity index (χ1v) is 7.73. The molecule has 2 aliphatic heterocycles. The van der Waals surface area contributed by atoms with E-state index in [0.717, 1.165) is 44.6 Å². The Hall–Kier alpha value is -1.17. The van der Waals surface area contributed by atoms with E-state index in [2.05, 4.69) is 16.8 Å². The van der Waals surface area contributed by atoms with Crippen LogP contribution in [0.5, 0.6) is 5.75 Å². The molecule has 0 bridgehead atoms. The van der Waals surface area contributed by atoms with E-state index in [1.165, 1.54) is 6.07 Å². The van der Waals surface area contributed by atoms with E-state index in [0.29, 0.717) is 18.9 Å². The number of hydrogen-bond acceptors (Lipinski definition) is 4. The second kappa shape index (κ2) is 5.91. The fourth-order valence-electron chi connectivity index (χ4n) is 3.60. The highest BCUT2D eigenvalue weighted by Crippen LogP contribution is 2.41. The number of ether oxygens (including phenoxy) is 1. The van der Waals surface area contributed by atoms with Gasteiger partial charge in [-0.05, 0) is 26.0 Å². The molecule has 0 aromatic heterocycles. The zero-order chi connectivity index (χ0) is 14.9. The van der Waals surface area contributed by atoms with Gasteiger partial charge < -0.3 is 15.4 Å². The van der Waals surface area contributed by atoms with Crippen LogP contribution in [0, 0.1) is 5.82 Å². The highest BCUT2D eigenvalue weighted by molar-refractivity contribution is 5.42. The van der Waals surface area contributed by atoms with Crippen LogP contribution in [-0.4, -0.2) is 56.2 Å². The Morgan fingerprint density at radius 1 is 1.29 bits per heavy atom. The molecule has 4 nitrogen and oxygen atoms in total. The van der Waals surface area contributed by atoms with Crippen LogP contribution in [0.4, 0.5) is 4.39 Å². The van der Waals surface area contributed by atoms with Crippen LogP contribution in [0.2, 0.25) is 0 Å². The molecule has 2 aliphatic rings. The number of piperazine rings is 1. The lowest BCUT2D eigenvalue weighted by molar-refractivity contribution is 0.0360. The first-order chi connectivity index (χ1) is 10.2. The van der Waals surface area contributed by atoms with E-state index in [9.17, 15) is 4.39 Å². The Morgan fingerprint density at radius 2 is 2.05 bits per heavy atom. The maximum absolute atomic E-state index is 14.2. The predicted molar refractivity (Wildman–Crippen MR) is 80.9 cm³/mol. The van der Waals surface area contributed by atoms with Crippen molar-refractivity contribution >= 4 is 0 Å². The van der Waals surface area contributed by atoms with Crippen LogP contribution >= 0.6 is 0 Å². The summed E-state index contributed by atoms with van der Waals surface area (Å²) in [5, 5.41) is 0. The molecule has 0 amide bonds. The Morgan fingerprint density at radius 3 is 2.76 bits per heavy atom. The fourth-order valence-corrected chi connectivity index (χ4v) is 3.60. The van der Waals surface area contributed by atoms with Gasteiger partial charge in [0.2, 0.25) is 0 Å². The van der Waals surface area contributed by atoms with Crippen molar-refractivity contribution in [1.82, 2.24) is 9.80 Å². The average molecular weight is 293 g/mol. The van der Waals surface area contributed by atoms with E-state index in [1.807, 2.05) is 6.07 Å². The first-order valence-electron chi connectivity index (χ1n) is 7.73. The van der Waals surface area contributed by atoms with Gasteiger partial charge in [0.25, 0.3) is 0 Å². The molecule has 1 saturated heterocycles. The maximum atomic E-state index is 14.2. The summed E-state index contributed by atoms with van der Waals surface area (Å²) in [6.45, 7) is 5.02. The molecule has 1 unspecified atom stereocenters. The molecule has 1 fully saturated rings. The molecule has 0 spiro atoms. The summed E-state index contributed by atoms with van der Waals surface area (Å²) < 4.78 is 19.8. The molecular formula is C16H24FN3O. The fraction of sp³-hybridized carbons (Fsp3) is 0.625. The van der Waals surface area contributed by atoms with Gasteiger partial charge in [0.15, 0.2) is 11.6 Å². The number of nitrogens with two attached hydrogens (primary N) is 1. The normalized spacial score (nSPS) is 27.8. The molecule has 0 radical (unpaired) electrons. The quantitative estimate of drug-likeness (QED) is 0.895. The van der Waals surface area contributed by atoms with Gasteiger partial charge in [-0.15, -0.1) is 0 Å². The summed E-state index contributed by atoms with van der Waals surface area (Å²) in [4.78, 5) is 4.75. The van der Waals surface area contributed by atoms with Crippen molar-refractivity contribution in [3.63, 3.8) is 0 Å². The minimum Gasteiger partial charge on any atom is -0.490 e. The molecule has 1 aromatic rings.